The van der Waals surface area contributed by atoms with Crippen LogP contribution in [-0.4, -0.2) is 62.1 Å². The second kappa shape index (κ2) is 10.5. The molecule has 0 radical (unpaired) electrons. The molecule has 0 amide bonds. The Labute approximate surface area is 243 Å². The normalized spacial score (nSPS) is 24.4. The number of halogens is 7. The van der Waals surface area contributed by atoms with Crippen LogP contribution in [0.25, 0.3) is 0 Å². The highest BCUT2D eigenvalue weighted by molar-refractivity contribution is 7.89. The second-order valence-electron chi connectivity index (χ2n) is 11.5. The van der Waals surface area contributed by atoms with E-state index >= 15 is 0 Å². The van der Waals surface area contributed by atoms with Crippen molar-refractivity contribution >= 4 is 25.8 Å². The Morgan fingerprint density at radius 2 is 1.72 bits per heavy atom. The minimum absolute atomic E-state index is 0.294. The maximum absolute atomic E-state index is 13.8. The number of fused-ring (bicyclic) bond motifs is 1. The van der Waals surface area contributed by atoms with Gasteiger partial charge in [0.1, 0.15) is 5.82 Å². The number of allylic oxidation sites excluding steroid dienone is 3. The highest BCUT2D eigenvalue weighted by Gasteiger charge is 2.67. The van der Waals surface area contributed by atoms with Crippen LogP contribution in [0.3, 0.4) is 0 Å². The van der Waals surface area contributed by atoms with Crippen LogP contribution in [0.4, 0.5) is 36.4 Å². The molecule has 4 aliphatic rings. The summed E-state index contributed by atoms with van der Waals surface area (Å²) in [5.41, 5.74) is 4.39. The van der Waals surface area contributed by atoms with Gasteiger partial charge in [-0.1, -0.05) is 12.5 Å². The third kappa shape index (κ3) is 6.31. The zero-order chi connectivity index (χ0) is 31.8. The van der Waals surface area contributed by atoms with Gasteiger partial charge in [-0.05, 0) is 67.5 Å². The first-order chi connectivity index (χ1) is 19.7. The molecule has 1 aromatic rings. The van der Waals surface area contributed by atoms with Crippen LogP contribution in [-0.2, 0) is 20.1 Å². The summed E-state index contributed by atoms with van der Waals surface area (Å²) in [6, 6.07) is 5.69. The Balaban J connectivity index is 1.47. The standard InChI is InChI=1S/C26H28F7N3O5S2/c1-15-20-11-34-36(19-6-4-18(27)5-7-19)21(20)10-16-2-3-17(22(15)16)12-35(42(37,38)14-25(28,29)30)13-24(8-9-24)23(26(31,32)33)43(39,40)41/h4-7,10-11,15,17,23,34H,2-3,8-9,12-14H2,1H3,(H,39,40,41)/t15-,17+,23?/m0/s1. The lowest BCUT2D eigenvalue weighted by Crippen LogP contribution is -2.51. The summed E-state index contributed by atoms with van der Waals surface area (Å²) in [6.45, 7) is 0.0782. The molecule has 1 fully saturated rings. The molecule has 1 unspecified atom stereocenters. The zero-order valence-corrected chi connectivity index (χ0v) is 24.2. The number of benzene rings is 1. The number of sulfonamides is 1. The molecule has 2 N–H and O–H groups in total. The van der Waals surface area contributed by atoms with Gasteiger partial charge in [-0.2, -0.15) is 34.8 Å². The maximum Gasteiger partial charge on any atom is 0.408 e. The van der Waals surface area contributed by atoms with E-state index in [1.165, 1.54) is 12.1 Å². The van der Waals surface area contributed by atoms with Gasteiger partial charge in [-0.3, -0.25) is 9.56 Å². The number of nitrogens with one attached hydrogen (secondary N) is 1. The van der Waals surface area contributed by atoms with Crippen LogP contribution in [0, 0.1) is 23.1 Å². The summed E-state index contributed by atoms with van der Waals surface area (Å²) < 4.78 is 154. The Hall–Kier alpha value is -2.63. The van der Waals surface area contributed by atoms with Crippen molar-refractivity contribution in [3.05, 3.63) is 64.8 Å². The zero-order valence-electron chi connectivity index (χ0n) is 22.6. The SMILES string of the molecule is C[C@H]1C2=CNN(c3ccc(F)cc3)C2=CC2=C1[C@@H](CN(CC1(C(C(F)(F)F)S(=O)(=O)O)CC1)S(=O)(=O)CC(F)(F)F)CC2. The van der Waals surface area contributed by atoms with Crippen molar-refractivity contribution in [2.75, 3.05) is 23.9 Å². The number of alkyl halides is 6. The number of anilines is 1. The van der Waals surface area contributed by atoms with Crippen LogP contribution < -0.4 is 10.4 Å². The van der Waals surface area contributed by atoms with Gasteiger partial charge in [-0.15, -0.1) is 0 Å². The second-order valence-corrected chi connectivity index (χ2v) is 14.9. The average Bonchev–Trinajstić information content (AvgIpc) is 3.26. The number of hydrogen-bond acceptors (Lipinski definition) is 6. The lowest BCUT2D eigenvalue weighted by Gasteiger charge is -2.35. The van der Waals surface area contributed by atoms with Crippen LogP contribution >= 0.6 is 0 Å². The predicted octanol–water partition coefficient (Wildman–Crippen LogP) is 5.07. The van der Waals surface area contributed by atoms with Gasteiger partial charge in [0.25, 0.3) is 10.1 Å². The molecular weight excluding hydrogens is 631 g/mol. The molecule has 0 saturated heterocycles. The first-order valence-corrected chi connectivity index (χ1v) is 16.4. The molecule has 3 aliphatic carbocycles. The smallest absolute Gasteiger partial charge is 0.301 e. The fraction of sp³-hybridized carbons (Fsp3) is 0.538. The summed E-state index contributed by atoms with van der Waals surface area (Å²) in [7, 11) is -11.0. The lowest BCUT2D eigenvalue weighted by molar-refractivity contribution is -0.145. The molecule has 8 nitrogen and oxygen atoms in total. The molecule has 3 atom stereocenters. The molecule has 0 bridgehead atoms. The fourth-order valence-corrected chi connectivity index (χ4v) is 9.31. The molecule has 17 heteroatoms. The van der Waals surface area contributed by atoms with E-state index in [1.54, 1.807) is 23.3 Å². The van der Waals surface area contributed by atoms with E-state index in [0.29, 0.717) is 22.8 Å². The van der Waals surface area contributed by atoms with Gasteiger partial charge >= 0.3 is 12.4 Å². The van der Waals surface area contributed by atoms with Gasteiger partial charge in [0.2, 0.25) is 10.0 Å². The quantitative estimate of drug-likeness (QED) is 0.282. The topological polar surface area (TPSA) is 107 Å². The van der Waals surface area contributed by atoms with Crippen LogP contribution in [0.2, 0.25) is 0 Å². The predicted molar refractivity (Wildman–Crippen MR) is 142 cm³/mol. The van der Waals surface area contributed by atoms with Gasteiger partial charge in [0.15, 0.2) is 11.0 Å². The number of hydrazine groups is 1. The van der Waals surface area contributed by atoms with Crippen molar-refractivity contribution < 1.29 is 52.1 Å². The molecule has 43 heavy (non-hydrogen) atoms. The van der Waals surface area contributed by atoms with Crippen LogP contribution in [0.5, 0.6) is 0 Å². The van der Waals surface area contributed by atoms with E-state index < -0.39 is 86.6 Å². The lowest BCUT2D eigenvalue weighted by atomic mass is 9.80. The Morgan fingerprint density at radius 1 is 1.09 bits per heavy atom. The third-order valence-corrected chi connectivity index (χ3v) is 11.6. The van der Waals surface area contributed by atoms with E-state index in [1.807, 2.05) is 13.0 Å². The molecule has 5 rings (SSSR count). The van der Waals surface area contributed by atoms with Crippen molar-refractivity contribution in [1.29, 1.82) is 0 Å². The molecule has 1 aromatic carbocycles. The summed E-state index contributed by atoms with van der Waals surface area (Å²) in [6.07, 6.45) is -7.36. The van der Waals surface area contributed by atoms with Gasteiger partial charge in [0, 0.05) is 36.2 Å². The van der Waals surface area contributed by atoms with Gasteiger partial charge in [0.05, 0.1) is 11.4 Å². The minimum atomic E-state index is -5.77. The van der Waals surface area contributed by atoms with Crippen molar-refractivity contribution in [3.63, 3.8) is 0 Å². The van der Waals surface area contributed by atoms with Crippen LogP contribution in [0.1, 0.15) is 32.6 Å². The van der Waals surface area contributed by atoms with Crippen molar-refractivity contribution in [2.24, 2.45) is 17.3 Å². The number of nitrogens with zero attached hydrogens (tertiary/aromatic N) is 2. The summed E-state index contributed by atoms with van der Waals surface area (Å²) >= 11 is 0. The van der Waals surface area contributed by atoms with Gasteiger partial charge in [-0.25, -0.2) is 17.1 Å². The first-order valence-electron chi connectivity index (χ1n) is 13.3. The Bertz CT molecular complexity index is 1600. The van der Waals surface area contributed by atoms with E-state index in [-0.39, 0.29) is 5.92 Å². The molecule has 238 valence electrons. The average molecular weight is 660 g/mol. The molecule has 1 heterocycles. The van der Waals surface area contributed by atoms with Gasteiger partial charge < -0.3 is 5.43 Å². The molecule has 0 spiro atoms. The molecule has 0 aromatic heterocycles. The highest BCUT2D eigenvalue weighted by Crippen LogP contribution is 2.57. The first kappa shape index (κ1) is 31.8. The van der Waals surface area contributed by atoms with E-state index in [2.05, 4.69) is 5.43 Å². The van der Waals surface area contributed by atoms with Crippen LogP contribution in [0.15, 0.2) is 59.0 Å². The minimum Gasteiger partial charge on any atom is -0.301 e. The molecule has 1 saturated carbocycles. The number of hydrogen-bond donors (Lipinski definition) is 2. The summed E-state index contributed by atoms with van der Waals surface area (Å²) in [5, 5.41) is -1.63. The monoisotopic (exact) mass is 659 g/mol. The maximum atomic E-state index is 13.8. The van der Waals surface area contributed by atoms with E-state index in [9.17, 15) is 52.1 Å². The van der Waals surface area contributed by atoms with Crippen molar-refractivity contribution in [1.82, 2.24) is 9.73 Å². The Morgan fingerprint density at radius 3 is 2.26 bits per heavy atom. The third-order valence-electron chi connectivity index (χ3n) is 8.49. The highest BCUT2D eigenvalue weighted by atomic mass is 32.2. The molecular formula is C26H28F7N3O5S2. The Kier molecular flexibility index (Phi) is 7.75. The molecule has 1 aliphatic heterocycles. The fourth-order valence-electron chi connectivity index (χ4n) is 6.57. The largest absolute Gasteiger partial charge is 0.408 e. The van der Waals surface area contributed by atoms with Crippen molar-refractivity contribution in [2.45, 2.75) is 50.2 Å². The summed E-state index contributed by atoms with van der Waals surface area (Å²) in [5.74, 6) is -3.79. The van der Waals surface area contributed by atoms with E-state index in [4.69, 9.17) is 0 Å². The van der Waals surface area contributed by atoms with Crippen molar-refractivity contribution in [3.8, 4) is 0 Å². The summed E-state index contributed by atoms with van der Waals surface area (Å²) in [4.78, 5) is 0. The number of rotatable bonds is 9. The van der Waals surface area contributed by atoms with E-state index in [0.717, 1.165) is 22.4 Å².